The molecule has 0 spiro atoms. The highest BCUT2D eigenvalue weighted by Crippen LogP contribution is 2.38. The number of allylic oxidation sites excluding steroid dienone is 1. The Morgan fingerprint density at radius 2 is 1.91 bits per heavy atom. The molecule has 172 valence electrons. The first kappa shape index (κ1) is 23.5. The minimum Gasteiger partial charge on any atom is -0.490 e. The van der Waals surface area contributed by atoms with Gasteiger partial charge in [0.15, 0.2) is 11.5 Å². The lowest BCUT2D eigenvalue weighted by atomic mass is 10.1. The summed E-state index contributed by atoms with van der Waals surface area (Å²) in [6.07, 6.45) is 1.74. The molecule has 1 aromatic heterocycles. The average molecular weight is 520 g/mol. The molecule has 0 aliphatic carbocycles. The number of hydrogen-bond acceptors (Lipinski definition) is 4. The van der Waals surface area contributed by atoms with Gasteiger partial charge in [-0.25, -0.2) is 9.37 Å². The first-order valence-electron chi connectivity index (χ1n) is 10.8. The van der Waals surface area contributed by atoms with E-state index in [0.717, 1.165) is 27.7 Å². The standard InChI is InChI=1S/C27H23BrFN3O2/c1-4-33-25-13-18(12-21(28)26(25)34-15-19-7-5-6-8-22(19)29)11-20(14-30)27-31-23-9-16(2)17(3)10-24(23)32-27/h5-13H,4,15H2,1-3H3,(H,31,32)/b20-11-. The fraction of sp³-hybridized carbons (Fsp3) is 0.185. The minimum absolute atomic E-state index is 0.0573. The number of rotatable bonds is 7. The first-order valence-corrected chi connectivity index (χ1v) is 11.6. The van der Waals surface area contributed by atoms with E-state index >= 15 is 0 Å². The van der Waals surface area contributed by atoms with Gasteiger partial charge in [-0.2, -0.15) is 5.26 Å². The van der Waals surface area contributed by atoms with Crippen molar-refractivity contribution in [2.45, 2.75) is 27.4 Å². The summed E-state index contributed by atoms with van der Waals surface area (Å²) in [5.74, 6) is 1.13. The molecule has 0 saturated heterocycles. The van der Waals surface area contributed by atoms with E-state index in [2.05, 4.69) is 32.0 Å². The lowest BCUT2D eigenvalue weighted by Crippen LogP contribution is -2.02. The SMILES string of the molecule is CCOc1cc(/C=C(/C#N)c2nc3cc(C)c(C)cc3[nH]2)cc(Br)c1OCc1ccccc1F. The third-order valence-electron chi connectivity index (χ3n) is 5.45. The monoisotopic (exact) mass is 519 g/mol. The quantitative estimate of drug-likeness (QED) is 0.264. The lowest BCUT2D eigenvalue weighted by Gasteiger charge is -2.15. The molecule has 0 radical (unpaired) electrons. The van der Waals surface area contributed by atoms with Gasteiger partial charge in [-0.3, -0.25) is 0 Å². The van der Waals surface area contributed by atoms with Crippen LogP contribution in [0.15, 0.2) is 53.0 Å². The van der Waals surface area contributed by atoms with Crippen LogP contribution in [0, 0.1) is 31.0 Å². The van der Waals surface area contributed by atoms with Crippen molar-refractivity contribution in [3.8, 4) is 17.6 Å². The summed E-state index contributed by atoms with van der Waals surface area (Å²) < 4.78 is 26.3. The molecule has 0 unspecified atom stereocenters. The Morgan fingerprint density at radius 1 is 1.15 bits per heavy atom. The van der Waals surface area contributed by atoms with Crippen LogP contribution in [0.5, 0.6) is 11.5 Å². The van der Waals surface area contributed by atoms with Gasteiger partial charge in [-0.15, -0.1) is 0 Å². The molecule has 0 atom stereocenters. The molecular formula is C27H23BrFN3O2. The molecule has 34 heavy (non-hydrogen) atoms. The van der Waals surface area contributed by atoms with Crippen LogP contribution in [-0.4, -0.2) is 16.6 Å². The summed E-state index contributed by atoms with van der Waals surface area (Å²) in [4.78, 5) is 7.84. The second-order valence-corrected chi connectivity index (χ2v) is 8.71. The Morgan fingerprint density at radius 3 is 2.65 bits per heavy atom. The van der Waals surface area contributed by atoms with E-state index in [-0.39, 0.29) is 12.4 Å². The van der Waals surface area contributed by atoms with E-state index in [4.69, 9.17) is 9.47 Å². The van der Waals surface area contributed by atoms with Crippen LogP contribution in [0.25, 0.3) is 22.7 Å². The Kier molecular flexibility index (Phi) is 6.99. The fourth-order valence-corrected chi connectivity index (χ4v) is 4.13. The smallest absolute Gasteiger partial charge is 0.175 e. The Hall–Kier alpha value is -3.63. The van der Waals surface area contributed by atoms with E-state index in [1.54, 1.807) is 30.3 Å². The number of H-pyrrole nitrogens is 1. The van der Waals surface area contributed by atoms with Crippen LogP contribution >= 0.6 is 15.9 Å². The van der Waals surface area contributed by atoms with E-state index < -0.39 is 0 Å². The molecule has 0 amide bonds. The molecule has 1 N–H and O–H groups in total. The third kappa shape index (κ3) is 4.97. The number of nitrogens with zero attached hydrogens (tertiary/aromatic N) is 2. The van der Waals surface area contributed by atoms with Crippen molar-refractivity contribution < 1.29 is 13.9 Å². The van der Waals surface area contributed by atoms with Crippen LogP contribution < -0.4 is 9.47 Å². The van der Waals surface area contributed by atoms with Crippen molar-refractivity contribution in [1.82, 2.24) is 9.97 Å². The molecule has 0 fully saturated rings. The maximum atomic E-state index is 14.0. The highest BCUT2D eigenvalue weighted by Gasteiger charge is 2.15. The van der Waals surface area contributed by atoms with Crippen LogP contribution in [0.1, 0.15) is 35.0 Å². The topological polar surface area (TPSA) is 70.9 Å². The van der Waals surface area contributed by atoms with E-state index in [0.29, 0.717) is 39.5 Å². The second-order valence-electron chi connectivity index (χ2n) is 7.85. The first-order chi connectivity index (χ1) is 16.4. The highest BCUT2D eigenvalue weighted by molar-refractivity contribution is 9.10. The van der Waals surface area contributed by atoms with Gasteiger partial charge in [0, 0.05) is 5.56 Å². The summed E-state index contributed by atoms with van der Waals surface area (Å²) >= 11 is 3.54. The summed E-state index contributed by atoms with van der Waals surface area (Å²) in [5.41, 5.74) is 5.56. The van der Waals surface area contributed by atoms with Crippen LogP contribution in [0.3, 0.4) is 0 Å². The molecule has 1 heterocycles. The van der Waals surface area contributed by atoms with Gasteiger partial charge >= 0.3 is 0 Å². The predicted molar refractivity (Wildman–Crippen MR) is 135 cm³/mol. The fourth-order valence-electron chi connectivity index (χ4n) is 3.56. The molecule has 5 nitrogen and oxygen atoms in total. The molecule has 0 saturated carbocycles. The van der Waals surface area contributed by atoms with E-state index in [1.807, 2.05) is 39.0 Å². The highest BCUT2D eigenvalue weighted by atomic mass is 79.9. The third-order valence-corrected chi connectivity index (χ3v) is 6.03. The predicted octanol–water partition coefficient (Wildman–Crippen LogP) is 7.12. The van der Waals surface area contributed by atoms with E-state index in [1.165, 1.54) is 6.07 Å². The molecule has 0 aliphatic heterocycles. The van der Waals surface area contributed by atoms with E-state index in [9.17, 15) is 9.65 Å². The van der Waals surface area contributed by atoms with Gasteiger partial charge in [0.1, 0.15) is 24.3 Å². The molecule has 0 bridgehead atoms. The molecule has 7 heteroatoms. The largest absolute Gasteiger partial charge is 0.490 e. The van der Waals surface area contributed by atoms with Crippen molar-refractivity contribution in [3.63, 3.8) is 0 Å². The Bertz CT molecular complexity index is 1400. The van der Waals surface area contributed by atoms with Crippen molar-refractivity contribution in [3.05, 3.63) is 86.9 Å². The number of hydrogen-bond donors (Lipinski definition) is 1. The molecule has 4 aromatic rings. The number of fused-ring (bicyclic) bond motifs is 1. The molecule has 3 aromatic carbocycles. The van der Waals surface area contributed by atoms with Gasteiger partial charge in [0.25, 0.3) is 0 Å². The van der Waals surface area contributed by atoms with Crippen molar-refractivity contribution in [1.29, 1.82) is 5.26 Å². The zero-order valence-electron chi connectivity index (χ0n) is 19.1. The van der Waals surface area contributed by atoms with Crippen LogP contribution in [0.4, 0.5) is 4.39 Å². The normalized spacial score (nSPS) is 11.5. The van der Waals surface area contributed by atoms with Crippen molar-refractivity contribution >= 4 is 38.6 Å². The molecule has 0 aliphatic rings. The van der Waals surface area contributed by atoms with Gasteiger partial charge in [-0.1, -0.05) is 18.2 Å². The number of imidazole rings is 1. The minimum atomic E-state index is -0.328. The number of benzene rings is 3. The van der Waals surface area contributed by atoms with Crippen molar-refractivity contribution in [2.24, 2.45) is 0 Å². The molecular weight excluding hydrogens is 497 g/mol. The number of aromatic amines is 1. The number of aryl methyl sites for hydroxylation is 2. The number of nitriles is 1. The van der Waals surface area contributed by atoms with Gasteiger partial charge in [-0.05, 0) is 89.8 Å². The number of nitrogens with one attached hydrogen (secondary N) is 1. The zero-order valence-corrected chi connectivity index (χ0v) is 20.7. The second kappa shape index (κ2) is 10.1. The van der Waals surface area contributed by atoms with Crippen LogP contribution in [0.2, 0.25) is 0 Å². The molecule has 4 rings (SSSR count). The maximum Gasteiger partial charge on any atom is 0.175 e. The lowest BCUT2D eigenvalue weighted by molar-refractivity contribution is 0.264. The van der Waals surface area contributed by atoms with Gasteiger partial charge in [0.05, 0.1) is 27.7 Å². The number of halogens is 2. The summed E-state index contributed by atoms with van der Waals surface area (Å²) in [6.45, 7) is 6.42. The maximum absolute atomic E-state index is 14.0. The summed E-state index contributed by atoms with van der Waals surface area (Å²) in [7, 11) is 0. The summed E-state index contributed by atoms with van der Waals surface area (Å²) in [5, 5.41) is 9.83. The Labute approximate surface area is 206 Å². The number of ether oxygens (including phenoxy) is 2. The van der Waals surface area contributed by atoms with Gasteiger partial charge < -0.3 is 14.5 Å². The van der Waals surface area contributed by atoms with Gasteiger partial charge in [0.2, 0.25) is 0 Å². The zero-order chi connectivity index (χ0) is 24.2. The number of aromatic nitrogens is 2. The van der Waals surface area contributed by atoms with Crippen LogP contribution in [-0.2, 0) is 6.61 Å². The van der Waals surface area contributed by atoms with Crippen molar-refractivity contribution in [2.75, 3.05) is 6.61 Å². The summed E-state index contributed by atoms with van der Waals surface area (Å²) in [6, 6.07) is 16.4. The Balaban J connectivity index is 1.68. The average Bonchev–Trinajstić information content (AvgIpc) is 3.21.